The Morgan fingerprint density at radius 2 is 1.79 bits per heavy atom. The number of benzene rings is 2. The summed E-state index contributed by atoms with van der Waals surface area (Å²) < 4.78 is 11.1. The minimum atomic E-state index is -0.357. The van der Waals surface area contributed by atoms with Gasteiger partial charge in [0.05, 0.1) is 18.8 Å². The molecule has 0 unspecified atom stereocenters. The van der Waals surface area contributed by atoms with Crippen molar-refractivity contribution in [2.75, 3.05) is 24.3 Å². The third kappa shape index (κ3) is 5.97. The normalized spacial score (nSPS) is 12.6. The molecule has 1 N–H and O–H groups in total. The number of fused-ring (bicyclic) bond motifs is 1. The molecule has 2 aromatic carbocycles. The first kappa shape index (κ1) is 23.4. The summed E-state index contributed by atoms with van der Waals surface area (Å²) in [5.74, 6) is 0.958. The molecule has 0 saturated heterocycles. The van der Waals surface area contributed by atoms with E-state index in [0.29, 0.717) is 29.3 Å². The number of hydrogen-bond acceptors (Lipinski definition) is 6. The van der Waals surface area contributed by atoms with Crippen LogP contribution in [0.2, 0.25) is 0 Å². The number of ether oxygens (including phenoxy) is 2. The van der Waals surface area contributed by atoms with Gasteiger partial charge in [0.15, 0.2) is 0 Å². The third-order valence-corrected chi connectivity index (χ3v) is 7.54. The van der Waals surface area contributed by atoms with Gasteiger partial charge >= 0.3 is 5.97 Å². The fourth-order valence-corrected chi connectivity index (χ4v) is 5.81. The molecule has 0 aliphatic heterocycles. The van der Waals surface area contributed by atoms with Crippen molar-refractivity contribution in [2.24, 2.45) is 0 Å². The van der Waals surface area contributed by atoms with Gasteiger partial charge in [-0.15, -0.1) is 23.1 Å². The van der Waals surface area contributed by atoms with Crippen LogP contribution in [0.4, 0.5) is 5.00 Å². The van der Waals surface area contributed by atoms with Crippen molar-refractivity contribution in [3.05, 3.63) is 76.2 Å². The summed E-state index contributed by atoms with van der Waals surface area (Å²) >= 11 is 3.24. The van der Waals surface area contributed by atoms with Crippen molar-refractivity contribution in [3.8, 4) is 5.75 Å². The summed E-state index contributed by atoms with van der Waals surface area (Å²) in [6.45, 7) is 2.68. The molecule has 0 fully saturated rings. The van der Waals surface area contributed by atoms with E-state index in [1.54, 1.807) is 43.0 Å². The number of thiophene rings is 1. The van der Waals surface area contributed by atoms with Crippen LogP contribution in [0, 0.1) is 0 Å². The van der Waals surface area contributed by atoms with Crippen LogP contribution in [0.3, 0.4) is 0 Å². The quantitative estimate of drug-likeness (QED) is 0.223. The van der Waals surface area contributed by atoms with E-state index >= 15 is 0 Å². The number of hydrogen-bond donors (Lipinski definition) is 1. The van der Waals surface area contributed by atoms with Crippen molar-refractivity contribution in [1.29, 1.82) is 0 Å². The fourth-order valence-electron chi connectivity index (χ4n) is 3.79. The lowest BCUT2D eigenvalue weighted by molar-refractivity contribution is 0.0526. The van der Waals surface area contributed by atoms with Crippen LogP contribution in [-0.4, -0.2) is 30.8 Å². The molecule has 3 aromatic rings. The number of carbonyl (C=O) groups is 2. The van der Waals surface area contributed by atoms with Gasteiger partial charge in [0, 0.05) is 21.1 Å². The van der Waals surface area contributed by atoms with Crippen LogP contribution in [0.15, 0.2) is 59.5 Å². The number of aryl methyl sites for hydroxylation is 1. The van der Waals surface area contributed by atoms with E-state index in [9.17, 15) is 9.59 Å². The van der Waals surface area contributed by atoms with Crippen LogP contribution in [0.5, 0.6) is 5.75 Å². The predicted octanol–water partition coefficient (Wildman–Crippen LogP) is 6.23. The maximum atomic E-state index is 12.9. The molecule has 0 radical (unpaired) electrons. The van der Waals surface area contributed by atoms with Crippen molar-refractivity contribution >= 4 is 40.0 Å². The maximum Gasteiger partial charge on any atom is 0.341 e. The minimum absolute atomic E-state index is 0.245. The zero-order valence-electron chi connectivity index (χ0n) is 18.6. The number of nitrogens with one attached hydrogen (secondary N) is 1. The molecule has 1 aliphatic rings. The van der Waals surface area contributed by atoms with E-state index in [0.717, 1.165) is 42.7 Å². The number of amides is 1. The second-order valence-corrected chi connectivity index (χ2v) is 9.90. The topological polar surface area (TPSA) is 64.6 Å². The summed E-state index contributed by atoms with van der Waals surface area (Å²) in [7, 11) is 0. The molecule has 4 rings (SSSR count). The molecule has 5 nitrogen and oxygen atoms in total. The van der Waals surface area contributed by atoms with E-state index in [-0.39, 0.29) is 11.9 Å². The van der Waals surface area contributed by atoms with Gasteiger partial charge < -0.3 is 14.8 Å². The summed E-state index contributed by atoms with van der Waals surface area (Å²) in [5, 5.41) is 3.53. The highest BCUT2D eigenvalue weighted by Gasteiger charge is 2.27. The molecule has 1 aromatic heterocycles. The maximum absolute atomic E-state index is 12.9. The Bertz CT molecular complexity index is 1090. The van der Waals surface area contributed by atoms with Crippen LogP contribution in [0.1, 0.15) is 50.9 Å². The molecule has 7 heteroatoms. The smallest absolute Gasteiger partial charge is 0.341 e. The molecule has 1 amide bonds. The van der Waals surface area contributed by atoms with Gasteiger partial charge in [0.25, 0.3) is 5.91 Å². The van der Waals surface area contributed by atoms with Crippen molar-refractivity contribution < 1.29 is 19.1 Å². The fraction of sp³-hybridized carbons (Fsp3) is 0.308. The average molecular weight is 482 g/mol. The lowest BCUT2D eigenvalue weighted by atomic mass is 9.95. The SMILES string of the molecule is CCOC(=O)c1c(NC(=O)c2ccc(OCCSc3ccccc3)cc2)sc2c1CCCC2. The lowest BCUT2D eigenvalue weighted by Crippen LogP contribution is -2.15. The van der Waals surface area contributed by atoms with Crippen LogP contribution in [0.25, 0.3) is 0 Å². The van der Waals surface area contributed by atoms with Gasteiger partial charge in [-0.1, -0.05) is 18.2 Å². The average Bonchev–Trinajstić information content (AvgIpc) is 3.21. The molecular formula is C26H27NO4S2. The largest absolute Gasteiger partial charge is 0.493 e. The first-order chi connectivity index (χ1) is 16.2. The molecule has 1 aliphatic carbocycles. The standard InChI is InChI=1S/C26H27NO4S2/c1-2-30-26(29)23-21-10-6-7-11-22(21)33-25(23)27-24(28)18-12-14-19(15-13-18)31-16-17-32-20-8-4-3-5-9-20/h3-5,8-9,12-15H,2,6-7,10-11,16-17H2,1H3,(H,27,28). The zero-order valence-corrected chi connectivity index (χ0v) is 20.2. The number of carbonyl (C=O) groups excluding carboxylic acids is 2. The third-order valence-electron chi connectivity index (χ3n) is 5.36. The molecule has 0 saturated carbocycles. The molecule has 0 bridgehead atoms. The van der Waals surface area contributed by atoms with Crippen LogP contribution < -0.4 is 10.1 Å². The van der Waals surface area contributed by atoms with E-state index in [4.69, 9.17) is 9.47 Å². The zero-order chi connectivity index (χ0) is 23.0. The molecule has 0 atom stereocenters. The Morgan fingerprint density at radius 1 is 1.03 bits per heavy atom. The second kappa shape index (κ2) is 11.4. The number of esters is 1. The number of rotatable bonds is 9. The Kier molecular flexibility index (Phi) is 8.07. The molecule has 172 valence electrons. The second-order valence-electron chi connectivity index (χ2n) is 7.62. The van der Waals surface area contributed by atoms with E-state index in [1.165, 1.54) is 21.1 Å². The van der Waals surface area contributed by atoms with Gasteiger partial charge in [-0.2, -0.15) is 0 Å². The Hall–Kier alpha value is -2.77. The van der Waals surface area contributed by atoms with Gasteiger partial charge in [0.2, 0.25) is 0 Å². The van der Waals surface area contributed by atoms with Gasteiger partial charge in [0.1, 0.15) is 10.8 Å². The van der Waals surface area contributed by atoms with Crippen LogP contribution >= 0.6 is 23.1 Å². The Balaban J connectivity index is 1.37. The molecular weight excluding hydrogens is 454 g/mol. The van der Waals surface area contributed by atoms with Crippen molar-refractivity contribution in [3.63, 3.8) is 0 Å². The lowest BCUT2D eigenvalue weighted by Gasteiger charge is -2.12. The Labute approximate surface area is 202 Å². The Morgan fingerprint density at radius 3 is 2.55 bits per heavy atom. The minimum Gasteiger partial charge on any atom is -0.493 e. The van der Waals surface area contributed by atoms with Gasteiger partial charge in [-0.25, -0.2) is 4.79 Å². The summed E-state index contributed by atoms with van der Waals surface area (Å²) in [6.07, 6.45) is 3.95. The van der Waals surface area contributed by atoms with Gasteiger partial charge in [-0.3, -0.25) is 4.79 Å². The van der Waals surface area contributed by atoms with E-state index < -0.39 is 0 Å². The highest BCUT2D eigenvalue weighted by molar-refractivity contribution is 7.99. The molecule has 1 heterocycles. The van der Waals surface area contributed by atoms with Crippen molar-refractivity contribution in [1.82, 2.24) is 0 Å². The summed E-state index contributed by atoms with van der Waals surface area (Å²) in [5.41, 5.74) is 2.08. The first-order valence-electron chi connectivity index (χ1n) is 11.2. The summed E-state index contributed by atoms with van der Waals surface area (Å²) in [4.78, 5) is 27.9. The monoisotopic (exact) mass is 481 g/mol. The molecule has 0 spiro atoms. The molecule has 33 heavy (non-hydrogen) atoms. The number of thioether (sulfide) groups is 1. The highest BCUT2D eigenvalue weighted by atomic mass is 32.2. The number of anilines is 1. The van der Waals surface area contributed by atoms with E-state index in [2.05, 4.69) is 17.4 Å². The van der Waals surface area contributed by atoms with Gasteiger partial charge in [-0.05, 0) is 74.6 Å². The van der Waals surface area contributed by atoms with Crippen molar-refractivity contribution in [2.45, 2.75) is 37.5 Å². The highest BCUT2D eigenvalue weighted by Crippen LogP contribution is 2.38. The van der Waals surface area contributed by atoms with E-state index in [1.807, 2.05) is 18.2 Å². The van der Waals surface area contributed by atoms with Crippen LogP contribution in [-0.2, 0) is 17.6 Å². The predicted molar refractivity (Wildman–Crippen MR) is 134 cm³/mol. The first-order valence-corrected chi connectivity index (χ1v) is 13.0. The summed E-state index contributed by atoms with van der Waals surface area (Å²) in [6, 6.07) is 17.3.